The maximum absolute atomic E-state index is 12.8. The lowest BCUT2D eigenvalue weighted by atomic mass is 10.3. The minimum atomic E-state index is -0.556. The third kappa shape index (κ3) is 4.00. The van der Waals surface area contributed by atoms with Gasteiger partial charge in [-0.05, 0) is 30.3 Å². The van der Waals surface area contributed by atoms with E-state index in [0.29, 0.717) is 20.2 Å². The lowest BCUT2D eigenvalue weighted by Crippen LogP contribution is -2.31. The second kappa shape index (κ2) is 8.08. The highest BCUT2D eigenvalue weighted by Gasteiger charge is 2.41. The molecule has 2 amide bonds. The molecule has 142 valence electrons. The van der Waals surface area contributed by atoms with Gasteiger partial charge in [-0.25, -0.2) is 4.90 Å². The molecule has 4 rings (SSSR count). The largest absolute Gasteiger partial charge is 0.330 e. The van der Waals surface area contributed by atoms with Crippen LogP contribution in [-0.4, -0.2) is 27.3 Å². The first-order valence-electron chi connectivity index (χ1n) is 8.15. The van der Waals surface area contributed by atoms with Gasteiger partial charge in [-0.15, -0.1) is 10.2 Å². The quantitative estimate of drug-likeness (QED) is 0.550. The molecule has 1 N–H and O–H groups in total. The van der Waals surface area contributed by atoms with Crippen LogP contribution in [-0.2, 0) is 9.59 Å². The molecule has 0 unspecified atom stereocenters. The molecule has 10 heteroatoms. The fourth-order valence-corrected chi connectivity index (χ4v) is 5.00. The predicted molar refractivity (Wildman–Crippen MR) is 113 cm³/mol. The Morgan fingerprint density at radius 1 is 1.07 bits per heavy atom. The minimum absolute atomic E-state index is 0.0881. The molecule has 0 spiro atoms. The SMILES string of the molecule is O=C1C[C@H](Sc2nnc(Nc3ccccc3)s2)C(=O)N1c1ccc(Cl)c(Cl)c1. The van der Waals surface area contributed by atoms with Crippen molar-refractivity contribution in [2.45, 2.75) is 16.0 Å². The zero-order valence-corrected chi connectivity index (χ0v) is 17.3. The van der Waals surface area contributed by atoms with Crippen LogP contribution in [0.15, 0.2) is 52.9 Å². The summed E-state index contributed by atoms with van der Waals surface area (Å²) in [7, 11) is 0. The van der Waals surface area contributed by atoms with E-state index in [1.54, 1.807) is 12.1 Å². The molecule has 0 radical (unpaired) electrons. The number of benzene rings is 2. The summed E-state index contributed by atoms with van der Waals surface area (Å²) in [5, 5.41) is 12.1. The Kier molecular flexibility index (Phi) is 5.54. The molecule has 0 aliphatic carbocycles. The molecular weight excluding hydrogens is 439 g/mol. The molecule has 1 aromatic heterocycles. The van der Waals surface area contributed by atoms with Crippen molar-refractivity contribution in [2.75, 3.05) is 10.2 Å². The standard InChI is InChI=1S/C18H12Cl2N4O2S2/c19-12-7-6-11(8-13(12)20)24-15(25)9-14(16(24)26)27-18-23-22-17(28-18)21-10-4-2-1-3-5-10/h1-8,14H,9H2,(H,21,22)/t14-/m0/s1. The summed E-state index contributed by atoms with van der Waals surface area (Å²) >= 11 is 14.5. The molecule has 1 saturated heterocycles. The van der Waals surface area contributed by atoms with E-state index in [1.165, 1.54) is 29.2 Å². The van der Waals surface area contributed by atoms with Gasteiger partial charge in [-0.2, -0.15) is 0 Å². The summed E-state index contributed by atoms with van der Waals surface area (Å²) in [6.07, 6.45) is 0.0881. The zero-order valence-electron chi connectivity index (χ0n) is 14.1. The highest BCUT2D eigenvalue weighted by molar-refractivity contribution is 8.02. The number of hydrogen-bond donors (Lipinski definition) is 1. The van der Waals surface area contributed by atoms with Crippen LogP contribution in [0, 0.1) is 0 Å². The second-order valence-corrected chi connectivity index (χ2v) is 9.08. The number of imide groups is 1. The molecule has 1 aliphatic rings. The molecule has 2 aromatic carbocycles. The van der Waals surface area contributed by atoms with Gasteiger partial charge in [0.05, 0.1) is 15.7 Å². The van der Waals surface area contributed by atoms with E-state index in [2.05, 4.69) is 15.5 Å². The summed E-state index contributed by atoms with van der Waals surface area (Å²) < 4.78 is 0.612. The van der Waals surface area contributed by atoms with E-state index < -0.39 is 5.25 Å². The summed E-state index contributed by atoms with van der Waals surface area (Å²) in [4.78, 5) is 26.3. The second-order valence-electron chi connectivity index (χ2n) is 5.84. The smallest absolute Gasteiger partial charge is 0.247 e. The molecule has 1 aliphatic heterocycles. The number of aromatic nitrogens is 2. The Morgan fingerprint density at radius 3 is 2.61 bits per heavy atom. The van der Waals surface area contributed by atoms with Crippen LogP contribution in [0.2, 0.25) is 10.0 Å². The zero-order chi connectivity index (χ0) is 19.7. The minimum Gasteiger partial charge on any atom is -0.330 e. The van der Waals surface area contributed by atoms with Gasteiger partial charge in [0.2, 0.25) is 16.9 Å². The van der Waals surface area contributed by atoms with E-state index in [4.69, 9.17) is 23.2 Å². The Morgan fingerprint density at radius 2 is 1.86 bits per heavy atom. The number of para-hydroxylation sites is 1. The number of anilines is 3. The molecule has 28 heavy (non-hydrogen) atoms. The number of nitrogens with zero attached hydrogens (tertiary/aromatic N) is 3. The van der Waals surface area contributed by atoms with Gasteiger partial charge in [-0.1, -0.05) is 64.5 Å². The lowest BCUT2D eigenvalue weighted by Gasteiger charge is -2.15. The van der Waals surface area contributed by atoms with Gasteiger partial charge in [0.25, 0.3) is 0 Å². The number of carbonyl (C=O) groups is 2. The number of carbonyl (C=O) groups excluding carboxylic acids is 2. The number of halogens is 2. The van der Waals surface area contributed by atoms with Crippen molar-refractivity contribution in [3.05, 3.63) is 58.6 Å². The van der Waals surface area contributed by atoms with Gasteiger partial charge in [0, 0.05) is 12.1 Å². The third-order valence-corrected chi connectivity index (χ3v) is 6.79. The van der Waals surface area contributed by atoms with Crippen LogP contribution in [0.5, 0.6) is 0 Å². The molecule has 0 bridgehead atoms. The predicted octanol–water partition coefficient (Wildman–Crippen LogP) is 5.01. The summed E-state index contributed by atoms with van der Waals surface area (Å²) in [6.45, 7) is 0. The van der Waals surface area contributed by atoms with Crippen LogP contribution < -0.4 is 10.2 Å². The Labute approximate surface area is 178 Å². The number of thioether (sulfide) groups is 1. The van der Waals surface area contributed by atoms with Gasteiger partial charge >= 0.3 is 0 Å². The number of rotatable bonds is 5. The Balaban J connectivity index is 1.46. The highest BCUT2D eigenvalue weighted by Crippen LogP contribution is 2.37. The van der Waals surface area contributed by atoms with Crippen LogP contribution in [0.4, 0.5) is 16.5 Å². The van der Waals surface area contributed by atoms with E-state index in [9.17, 15) is 9.59 Å². The Hall–Kier alpha value is -2.13. The number of nitrogens with one attached hydrogen (secondary N) is 1. The van der Waals surface area contributed by atoms with E-state index >= 15 is 0 Å². The van der Waals surface area contributed by atoms with Crippen molar-refractivity contribution in [1.82, 2.24) is 10.2 Å². The molecule has 2 heterocycles. The first-order chi connectivity index (χ1) is 13.5. The maximum Gasteiger partial charge on any atom is 0.247 e. The molecule has 1 fully saturated rings. The number of amides is 2. The van der Waals surface area contributed by atoms with Crippen LogP contribution in [0.25, 0.3) is 0 Å². The van der Waals surface area contributed by atoms with Crippen molar-refractivity contribution < 1.29 is 9.59 Å². The molecule has 3 aromatic rings. The summed E-state index contributed by atoms with van der Waals surface area (Å²) in [5.41, 5.74) is 1.31. The van der Waals surface area contributed by atoms with Crippen molar-refractivity contribution in [3.8, 4) is 0 Å². The van der Waals surface area contributed by atoms with Gasteiger partial charge in [0.1, 0.15) is 5.25 Å². The lowest BCUT2D eigenvalue weighted by molar-refractivity contribution is -0.121. The average molecular weight is 451 g/mol. The van der Waals surface area contributed by atoms with E-state index in [0.717, 1.165) is 10.6 Å². The normalized spacial score (nSPS) is 16.6. The third-order valence-electron chi connectivity index (χ3n) is 3.94. The fraction of sp³-hybridized carbons (Fsp3) is 0.111. The molecule has 1 atom stereocenters. The molecule has 6 nitrogen and oxygen atoms in total. The van der Waals surface area contributed by atoms with Gasteiger partial charge < -0.3 is 5.32 Å². The number of hydrogen-bond acceptors (Lipinski definition) is 7. The average Bonchev–Trinajstić information content (AvgIpc) is 3.22. The first kappa shape index (κ1) is 19.2. The van der Waals surface area contributed by atoms with Crippen molar-refractivity contribution in [3.63, 3.8) is 0 Å². The van der Waals surface area contributed by atoms with Crippen LogP contribution in [0.1, 0.15) is 6.42 Å². The summed E-state index contributed by atoms with van der Waals surface area (Å²) in [5.74, 6) is -0.589. The summed E-state index contributed by atoms with van der Waals surface area (Å²) in [6, 6.07) is 14.3. The first-order valence-corrected chi connectivity index (χ1v) is 10.6. The van der Waals surface area contributed by atoms with E-state index in [-0.39, 0.29) is 23.3 Å². The van der Waals surface area contributed by atoms with Crippen LogP contribution >= 0.6 is 46.3 Å². The van der Waals surface area contributed by atoms with Crippen molar-refractivity contribution in [2.24, 2.45) is 0 Å². The van der Waals surface area contributed by atoms with E-state index in [1.807, 2.05) is 30.3 Å². The van der Waals surface area contributed by atoms with Gasteiger partial charge in [0.15, 0.2) is 4.34 Å². The highest BCUT2D eigenvalue weighted by atomic mass is 35.5. The topological polar surface area (TPSA) is 75.2 Å². The fourth-order valence-electron chi connectivity index (χ4n) is 2.67. The van der Waals surface area contributed by atoms with Crippen molar-refractivity contribution >= 4 is 74.6 Å². The van der Waals surface area contributed by atoms with Gasteiger partial charge in [-0.3, -0.25) is 9.59 Å². The molecular formula is C18H12Cl2N4O2S2. The monoisotopic (exact) mass is 450 g/mol. The van der Waals surface area contributed by atoms with Crippen LogP contribution in [0.3, 0.4) is 0 Å². The maximum atomic E-state index is 12.8. The Bertz CT molecular complexity index is 1050. The van der Waals surface area contributed by atoms with Crippen molar-refractivity contribution in [1.29, 1.82) is 0 Å². The molecule has 0 saturated carbocycles.